The maximum absolute atomic E-state index is 6.05. The van der Waals surface area contributed by atoms with E-state index in [2.05, 4.69) is 64.8 Å². The summed E-state index contributed by atoms with van der Waals surface area (Å²) in [6, 6.07) is 7.02. The maximum atomic E-state index is 6.05. The van der Waals surface area contributed by atoms with Gasteiger partial charge in [-0.15, -0.1) is 0 Å². The molecule has 1 aromatic rings. The van der Waals surface area contributed by atoms with Crippen LogP contribution in [0.5, 0.6) is 0 Å². The van der Waals surface area contributed by atoms with Gasteiger partial charge in [0.1, 0.15) is 0 Å². The summed E-state index contributed by atoms with van der Waals surface area (Å²) >= 11 is 0. The van der Waals surface area contributed by atoms with Crippen LogP contribution in [0.2, 0.25) is 0 Å². The van der Waals surface area contributed by atoms with Crippen LogP contribution in [0.3, 0.4) is 0 Å². The Morgan fingerprint density at radius 1 is 1.26 bits per heavy atom. The molecule has 0 radical (unpaired) electrons. The summed E-state index contributed by atoms with van der Waals surface area (Å²) < 4.78 is 0. The molecule has 1 unspecified atom stereocenters. The van der Waals surface area contributed by atoms with E-state index in [0.29, 0.717) is 0 Å². The van der Waals surface area contributed by atoms with E-state index >= 15 is 0 Å². The van der Waals surface area contributed by atoms with Crippen LogP contribution in [0, 0.1) is 6.92 Å². The Kier molecular flexibility index (Phi) is 5.42. The average molecular weight is 262 g/mol. The number of rotatable bonds is 6. The summed E-state index contributed by atoms with van der Waals surface area (Å²) in [5, 5.41) is 0. The van der Waals surface area contributed by atoms with Crippen molar-refractivity contribution in [3.8, 4) is 0 Å². The molecule has 0 saturated heterocycles. The lowest BCUT2D eigenvalue weighted by molar-refractivity contribution is 0.470. The highest BCUT2D eigenvalue weighted by atomic mass is 15.2. The zero-order valence-electron chi connectivity index (χ0n) is 13.5. The molecule has 19 heavy (non-hydrogen) atoms. The molecule has 0 amide bonds. The molecule has 0 spiro atoms. The van der Waals surface area contributed by atoms with Crippen molar-refractivity contribution < 1.29 is 0 Å². The number of nitrogens with two attached hydrogens (primary N) is 1. The van der Waals surface area contributed by atoms with Gasteiger partial charge in [0.15, 0.2) is 0 Å². The molecule has 0 fully saturated rings. The number of hydrogen-bond acceptors (Lipinski definition) is 2. The lowest BCUT2D eigenvalue weighted by Crippen LogP contribution is -2.40. The quantitative estimate of drug-likeness (QED) is 0.842. The third kappa shape index (κ3) is 3.97. The van der Waals surface area contributed by atoms with Crippen molar-refractivity contribution >= 4 is 5.69 Å². The SMILES string of the molecule is CCC(N)Cc1ccc(N(C)C(C)(C)CC)cc1C. The van der Waals surface area contributed by atoms with E-state index in [-0.39, 0.29) is 11.6 Å². The van der Waals surface area contributed by atoms with Crippen LogP contribution in [-0.4, -0.2) is 18.6 Å². The fourth-order valence-electron chi connectivity index (χ4n) is 2.13. The van der Waals surface area contributed by atoms with Crippen molar-refractivity contribution in [2.24, 2.45) is 5.73 Å². The molecule has 1 aromatic carbocycles. The largest absolute Gasteiger partial charge is 0.369 e. The molecule has 0 aliphatic carbocycles. The minimum Gasteiger partial charge on any atom is -0.369 e. The Morgan fingerprint density at radius 3 is 2.37 bits per heavy atom. The van der Waals surface area contributed by atoms with Gasteiger partial charge >= 0.3 is 0 Å². The van der Waals surface area contributed by atoms with Gasteiger partial charge in [-0.1, -0.05) is 19.9 Å². The summed E-state index contributed by atoms with van der Waals surface area (Å²) in [4.78, 5) is 2.36. The van der Waals surface area contributed by atoms with Gasteiger partial charge in [0.25, 0.3) is 0 Å². The van der Waals surface area contributed by atoms with Crippen LogP contribution >= 0.6 is 0 Å². The van der Waals surface area contributed by atoms with E-state index in [1.807, 2.05) is 0 Å². The third-order valence-corrected chi connectivity index (χ3v) is 4.49. The number of nitrogens with zero attached hydrogens (tertiary/aromatic N) is 1. The van der Waals surface area contributed by atoms with Crippen molar-refractivity contribution in [2.45, 2.75) is 65.5 Å². The molecule has 0 aliphatic heterocycles. The Morgan fingerprint density at radius 2 is 1.89 bits per heavy atom. The summed E-state index contributed by atoms with van der Waals surface area (Å²) in [5.74, 6) is 0. The molecule has 108 valence electrons. The first-order valence-electron chi connectivity index (χ1n) is 7.40. The van der Waals surface area contributed by atoms with Crippen LogP contribution in [0.1, 0.15) is 51.7 Å². The van der Waals surface area contributed by atoms with Gasteiger partial charge in [-0.3, -0.25) is 0 Å². The number of hydrogen-bond donors (Lipinski definition) is 1. The zero-order chi connectivity index (χ0) is 14.6. The molecule has 0 bridgehead atoms. The van der Waals surface area contributed by atoms with Crippen molar-refractivity contribution in [3.05, 3.63) is 29.3 Å². The van der Waals surface area contributed by atoms with E-state index in [0.717, 1.165) is 19.3 Å². The highest BCUT2D eigenvalue weighted by molar-refractivity contribution is 5.52. The highest BCUT2D eigenvalue weighted by Crippen LogP contribution is 2.27. The fraction of sp³-hybridized carbons (Fsp3) is 0.647. The first-order chi connectivity index (χ1) is 8.81. The van der Waals surface area contributed by atoms with Crippen LogP contribution in [-0.2, 0) is 6.42 Å². The van der Waals surface area contributed by atoms with Gasteiger partial charge in [-0.25, -0.2) is 0 Å². The van der Waals surface area contributed by atoms with Crippen molar-refractivity contribution in [3.63, 3.8) is 0 Å². The third-order valence-electron chi connectivity index (χ3n) is 4.49. The molecule has 0 aromatic heterocycles. The Balaban J connectivity index is 2.93. The van der Waals surface area contributed by atoms with Gasteiger partial charge in [-0.05, 0) is 63.3 Å². The molecule has 1 atom stereocenters. The topological polar surface area (TPSA) is 29.3 Å². The lowest BCUT2D eigenvalue weighted by atomic mass is 9.96. The molecular weight excluding hydrogens is 232 g/mol. The van der Waals surface area contributed by atoms with Crippen LogP contribution in [0.25, 0.3) is 0 Å². The van der Waals surface area contributed by atoms with E-state index in [1.54, 1.807) is 0 Å². The second kappa shape index (κ2) is 6.42. The first-order valence-corrected chi connectivity index (χ1v) is 7.40. The first kappa shape index (κ1) is 16.0. The minimum atomic E-state index is 0.188. The lowest BCUT2D eigenvalue weighted by Gasteiger charge is -2.37. The normalized spacial score (nSPS) is 13.4. The average Bonchev–Trinajstić information content (AvgIpc) is 2.39. The standard InChI is InChI=1S/C17H30N2/c1-7-15(18)12-14-9-10-16(11-13(14)3)19(6)17(4,5)8-2/h9-11,15H,7-8,12,18H2,1-6H3. The second-order valence-electron chi connectivity index (χ2n) is 6.21. The molecule has 0 aliphatic rings. The zero-order valence-corrected chi connectivity index (χ0v) is 13.5. The fourth-order valence-corrected chi connectivity index (χ4v) is 2.13. The predicted molar refractivity (Wildman–Crippen MR) is 85.9 cm³/mol. The molecule has 2 nitrogen and oxygen atoms in total. The number of anilines is 1. The summed E-state index contributed by atoms with van der Waals surface area (Å²) in [7, 11) is 2.18. The number of aryl methyl sites for hydroxylation is 1. The molecule has 0 heterocycles. The Bertz CT molecular complexity index is 410. The minimum absolute atomic E-state index is 0.188. The van der Waals surface area contributed by atoms with Crippen LogP contribution in [0.15, 0.2) is 18.2 Å². The summed E-state index contributed by atoms with van der Waals surface area (Å²) in [6.45, 7) is 11.1. The van der Waals surface area contributed by atoms with Gasteiger partial charge < -0.3 is 10.6 Å². The maximum Gasteiger partial charge on any atom is 0.0370 e. The van der Waals surface area contributed by atoms with E-state index < -0.39 is 0 Å². The molecule has 2 heteroatoms. The summed E-state index contributed by atoms with van der Waals surface area (Å²) in [6.07, 6.45) is 3.14. The summed E-state index contributed by atoms with van der Waals surface area (Å²) in [5.41, 5.74) is 10.3. The molecule has 1 rings (SSSR count). The van der Waals surface area contributed by atoms with Gasteiger partial charge in [0.2, 0.25) is 0 Å². The van der Waals surface area contributed by atoms with Crippen LogP contribution < -0.4 is 10.6 Å². The van der Waals surface area contributed by atoms with Gasteiger partial charge in [-0.2, -0.15) is 0 Å². The van der Waals surface area contributed by atoms with Gasteiger partial charge in [0, 0.05) is 24.3 Å². The van der Waals surface area contributed by atoms with Crippen molar-refractivity contribution in [1.82, 2.24) is 0 Å². The van der Waals surface area contributed by atoms with Crippen molar-refractivity contribution in [1.29, 1.82) is 0 Å². The van der Waals surface area contributed by atoms with Gasteiger partial charge in [0.05, 0.1) is 0 Å². The highest BCUT2D eigenvalue weighted by Gasteiger charge is 2.21. The molecule has 2 N–H and O–H groups in total. The second-order valence-corrected chi connectivity index (χ2v) is 6.21. The molecule has 0 saturated carbocycles. The molecular formula is C17H30N2. The predicted octanol–water partition coefficient (Wildman–Crippen LogP) is 3.90. The Hall–Kier alpha value is -1.02. The Labute approximate surface area is 119 Å². The van der Waals surface area contributed by atoms with Crippen molar-refractivity contribution in [2.75, 3.05) is 11.9 Å². The number of benzene rings is 1. The van der Waals surface area contributed by atoms with E-state index in [4.69, 9.17) is 5.73 Å². The van der Waals surface area contributed by atoms with Crippen LogP contribution in [0.4, 0.5) is 5.69 Å². The monoisotopic (exact) mass is 262 g/mol. The van der Waals surface area contributed by atoms with E-state index in [9.17, 15) is 0 Å². The smallest absolute Gasteiger partial charge is 0.0370 e. The van der Waals surface area contributed by atoms with E-state index in [1.165, 1.54) is 16.8 Å².